The van der Waals surface area contributed by atoms with Crippen molar-refractivity contribution in [3.05, 3.63) is 11.7 Å². The highest BCUT2D eigenvalue weighted by Crippen LogP contribution is 2.32. The zero-order valence-electron chi connectivity index (χ0n) is 20.0. The smallest absolute Gasteiger partial charge is 0.382 e. The van der Waals surface area contributed by atoms with Gasteiger partial charge >= 0.3 is 11.9 Å². The van der Waals surface area contributed by atoms with Crippen LogP contribution in [-0.2, 0) is 22.8 Å². The van der Waals surface area contributed by atoms with Crippen molar-refractivity contribution in [3.8, 4) is 0 Å². The Kier molecular flexibility index (Phi) is 10.6. The lowest BCUT2D eigenvalue weighted by Crippen LogP contribution is -2.52. The molecule has 0 fully saturated rings. The Morgan fingerprint density at radius 1 is 0.933 bits per heavy atom. The molecule has 3 unspecified atom stereocenters. The first kappa shape index (κ1) is 29.4. The van der Waals surface area contributed by atoms with Crippen molar-refractivity contribution < 1.29 is 38.1 Å². The molecular formula is C18H39O8Si4. The third-order valence-corrected chi connectivity index (χ3v) is 6.62. The van der Waals surface area contributed by atoms with Crippen molar-refractivity contribution in [1.82, 2.24) is 0 Å². The Balaban J connectivity index is 6.48. The van der Waals surface area contributed by atoms with E-state index in [9.17, 15) is 20.1 Å². The van der Waals surface area contributed by atoms with Crippen molar-refractivity contribution in [3.63, 3.8) is 0 Å². The molecule has 0 aliphatic heterocycles. The monoisotopic (exact) mass is 495 g/mol. The predicted octanol–water partition coefficient (Wildman–Crippen LogP) is 2.66. The van der Waals surface area contributed by atoms with E-state index >= 15 is 0 Å². The summed E-state index contributed by atoms with van der Waals surface area (Å²) in [4.78, 5) is 13.2. The zero-order valence-corrected chi connectivity index (χ0v) is 24.0. The lowest BCUT2D eigenvalue weighted by Gasteiger charge is -2.37. The molecule has 0 aliphatic rings. The number of esters is 1. The quantitative estimate of drug-likeness (QED) is 0.124. The molecule has 0 amide bonds. The van der Waals surface area contributed by atoms with Gasteiger partial charge in [0.05, 0.1) is 6.61 Å². The normalized spacial score (nSPS) is 16.7. The van der Waals surface area contributed by atoms with Gasteiger partial charge in [-0.05, 0) is 58.9 Å². The van der Waals surface area contributed by atoms with E-state index in [1.54, 1.807) is 6.92 Å². The van der Waals surface area contributed by atoms with Crippen molar-refractivity contribution >= 4 is 41.2 Å². The van der Waals surface area contributed by atoms with Crippen LogP contribution in [0, 0.1) is 0 Å². The minimum absolute atomic E-state index is 0.0522. The van der Waals surface area contributed by atoms with Gasteiger partial charge in [-0.25, -0.2) is 4.79 Å². The first-order valence-corrected chi connectivity index (χ1v) is 20.8. The van der Waals surface area contributed by atoms with Gasteiger partial charge in [0.2, 0.25) is 30.7 Å². The van der Waals surface area contributed by atoms with Crippen molar-refractivity contribution in [2.75, 3.05) is 6.61 Å². The first-order chi connectivity index (χ1) is 13.3. The zero-order chi connectivity index (χ0) is 24.1. The van der Waals surface area contributed by atoms with Gasteiger partial charge in [-0.2, -0.15) is 0 Å². The average molecular weight is 496 g/mol. The van der Waals surface area contributed by atoms with E-state index in [2.05, 4.69) is 10.2 Å². The van der Waals surface area contributed by atoms with Crippen LogP contribution in [0.15, 0.2) is 11.7 Å². The number of aliphatic hydroxyl groups excluding tert-OH is 2. The topological polar surface area (TPSA) is 115 Å². The number of carbonyl (C=O) groups is 1. The fourth-order valence-corrected chi connectivity index (χ4v) is 4.63. The third-order valence-electron chi connectivity index (χ3n) is 3.39. The van der Waals surface area contributed by atoms with Gasteiger partial charge in [-0.3, -0.25) is 0 Å². The second-order valence-electron chi connectivity index (χ2n) is 10.1. The molecule has 0 aromatic rings. The van der Waals surface area contributed by atoms with Gasteiger partial charge in [0, 0.05) is 15.8 Å². The number of aliphatic hydroxyl groups is 3. The lowest BCUT2D eigenvalue weighted by molar-refractivity contribution is -0.253. The molecule has 0 saturated heterocycles. The molecule has 0 heterocycles. The summed E-state index contributed by atoms with van der Waals surface area (Å²) in [7, 11) is -3.49. The predicted molar refractivity (Wildman–Crippen MR) is 124 cm³/mol. The Morgan fingerprint density at radius 3 is 1.63 bits per heavy atom. The van der Waals surface area contributed by atoms with E-state index < -0.39 is 55.0 Å². The second-order valence-corrected chi connectivity index (χ2v) is 24.0. The van der Waals surface area contributed by atoms with Crippen LogP contribution in [0.1, 0.15) is 13.3 Å². The Hall–Kier alpha value is -0.642. The molecule has 0 spiro atoms. The van der Waals surface area contributed by atoms with Crippen molar-refractivity contribution in [2.24, 2.45) is 0 Å². The van der Waals surface area contributed by atoms with Gasteiger partial charge in [-0.15, -0.1) is 0 Å². The molecule has 3 atom stereocenters. The van der Waals surface area contributed by atoms with Crippen LogP contribution >= 0.6 is 0 Å². The fourth-order valence-electron chi connectivity index (χ4n) is 2.13. The molecule has 12 heteroatoms. The second kappa shape index (κ2) is 10.8. The molecule has 0 aromatic carbocycles. The molecule has 3 N–H and O–H groups in total. The van der Waals surface area contributed by atoms with E-state index in [1.807, 2.05) is 58.9 Å². The summed E-state index contributed by atoms with van der Waals surface area (Å²) < 4.78 is 23.4. The Bertz CT molecular complexity index is 577. The van der Waals surface area contributed by atoms with Crippen LogP contribution < -0.4 is 0 Å². The summed E-state index contributed by atoms with van der Waals surface area (Å²) in [6, 6.07) is 0. The summed E-state index contributed by atoms with van der Waals surface area (Å²) in [5.74, 6) is -3.73. The van der Waals surface area contributed by atoms with Crippen molar-refractivity contribution in [1.29, 1.82) is 0 Å². The van der Waals surface area contributed by atoms with Gasteiger partial charge in [0.15, 0.2) is 0 Å². The lowest BCUT2D eigenvalue weighted by atomic mass is 10.0. The third kappa shape index (κ3) is 10.1. The van der Waals surface area contributed by atoms with Crippen LogP contribution in [0.3, 0.4) is 0 Å². The van der Waals surface area contributed by atoms with Crippen LogP contribution in [0.25, 0.3) is 0 Å². The Labute approximate surface area is 187 Å². The number of carbonyl (C=O) groups excluding carboxylic acids is 1. The maximum atomic E-state index is 13.2. The standard InChI is InChI=1S/C18H39O8Si4/c1-11-14(27)18(22,13(20)12-19)23-16(21)15(24-28(2,3)4)17(25-29(5,6)7)26-30(8,9)10/h13-14,19-20,22H,11-12H2,1-10H3. The molecule has 8 nitrogen and oxygen atoms in total. The van der Waals surface area contributed by atoms with E-state index in [4.69, 9.17) is 18.0 Å². The maximum absolute atomic E-state index is 13.2. The summed E-state index contributed by atoms with van der Waals surface area (Å²) in [5.41, 5.74) is -0.837. The summed E-state index contributed by atoms with van der Waals surface area (Å²) in [6.45, 7) is 18.2. The summed E-state index contributed by atoms with van der Waals surface area (Å²) in [5, 5.41) is 30.4. The number of hydrogen-bond donors (Lipinski definition) is 3. The SMILES string of the molecule is CCC([Si])C(O)(OC(=O)C(O[Si](C)(C)C)=C(O[Si](C)(C)C)O[Si](C)(C)C)C(O)CO. The first-order valence-electron chi connectivity index (χ1n) is 10.0. The molecular weight excluding hydrogens is 457 g/mol. The van der Waals surface area contributed by atoms with Gasteiger partial charge in [0.25, 0.3) is 5.76 Å². The van der Waals surface area contributed by atoms with E-state index in [0.29, 0.717) is 6.42 Å². The van der Waals surface area contributed by atoms with Gasteiger partial charge in [0.1, 0.15) is 6.10 Å². The number of rotatable bonds is 12. The molecule has 0 saturated carbocycles. The fraction of sp³-hybridized carbons (Fsp3) is 0.833. The molecule has 0 aliphatic carbocycles. The van der Waals surface area contributed by atoms with E-state index in [-0.39, 0.29) is 11.7 Å². The highest BCUT2D eigenvalue weighted by molar-refractivity contribution is 6.71. The molecule has 30 heavy (non-hydrogen) atoms. The Morgan fingerprint density at radius 2 is 1.33 bits per heavy atom. The highest BCUT2D eigenvalue weighted by Gasteiger charge is 2.46. The largest absolute Gasteiger partial charge is 0.535 e. The van der Waals surface area contributed by atoms with E-state index in [1.165, 1.54) is 0 Å². The van der Waals surface area contributed by atoms with Crippen LogP contribution in [0.4, 0.5) is 0 Å². The van der Waals surface area contributed by atoms with Gasteiger partial charge in [-0.1, -0.05) is 13.3 Å². The average Bonchev–Trinajstić information content (AvgIpc) is 2.53. The van der Waals surface area contributed by atoms with Crippen LogP contribution in [0.2, 0.25) is 64.5 Å². The number of hydrogen-bond acceptors (Lipinski definition) is 8. The maximum Gasteiger partial charge on any atom is 0.382 e. The molecule has 0 bridgehead atoms. The molecule has 3 radical (unpaired) electrons. The summed E-state index contributed by atoms with van der Waals surface area (Å²) in [6.07, 6.45) is -1.41. The summed E-state index contributed by atoms with van der Waals surface area (Å²) >= 11 is 0. The van der Waals surface area contributed by atoms with Crippen LogP contribution in [-0.4, -0.2) is 75.0 Å². The molecule has 175 valence electrons. The van der Waals surface area contributed by atoms with Crippen LogP contribution in [0.5, 0.6) is 0 Å². The highest BCUT2D eigenvalue weighted by atomic mass is 28.4. The van der Waals surface area contributed by atoms with Crippen molar-refractivity contribution in [2.45, 2.75) is 89.7 Å². The van der Waals surface area contributed by atoms with E-state index in [0.717, 1.165) is 0 Å². The minimum Gasteiger partial charge on any atom is -0.535 e. The minimum atomic E-state index is -2.38. The molecule has 0 aromatic heterocycles. The number of ether oxygens (including phenoxy) is 1. The molecule has 0 rings (SSSR count). The van der Waals surface area contributed by atoms with Gasteiger partial charge < -0.3 is 33.3 Å².